The fraction of sp³-hybridized carbons (Fsp3) is 0.448. The minimum Gasteiger partial charge on any atom is -0.494 e. The lowest BCUT2D eigenvalue weighted by Crippen LogP contribution is -2.41. The van der Waals surface area contributed by atoms with E-state index in [9.17, 15) is 27.6 Å². The lowest BCUT2D eigenvalue weighted by atomic mass is 9.96. The molecule has 1 atom stereocenters. The number of alkyl halides is 3. The van der Waals surface area contributed by atoms with Gasteiger partial charge in [0.05, 0.1) is 24.3 Å². The van der Waals surface area contributed by atoms with Crippen molar-refractivity contribution in [2.24, 2.45) is 11.7 Å². The summed E-state index contributed by atoms with van der Waals surface area (Å²) in [7, 11) is 0. The number of benzene rings is 2. The first kappa shape index (κ1) is 31.2. The molecule has 3 amide bonds. The van der Waals surface area contributed by atoms with Gasteiger partial charge in [0.1, 0.15) is 11.8 Å². The summed E-state index contributed by atoms with van der Waals surface area (Å²) in [6, 6.07) is 10.2. The number of amides is 3. The molecule has 2 aromatic carbocycles. The summed E-state index contributed by atoms with van der Waals surface area (Å²) in [4.78, 5) is 43.0. The summed E-state index contributed by atoms with van der Waals surface area (Å²) in [6.07, 6.45) is -2.91. The van der Waals surface area contributed by atoms with Gasteiger partial charge in [-0.3, -0.25) is 19.3 Å². The third-order valence-corrected chi connectivity index (χ3v) is 7.86. The number of nitrogens with one attached hydrogen (secondary N) is 1. The van der Waals surface area contributed by atoms with Crippen molar-refractivity contribution in [3.05, 3.63) is 54.1 Å². The molecule has 13 heteroatoms. The Bertz CT molecular complexity index is 1300. The molecule has 0 unspecified atom stereocenters. The lowest BCUT2D eigenvalue weighted by Gasteiger charge is -2.31. The maximum absolute atomic E-state index is 13.6. The molecule has 0 spiro atoms. The number of ether oxygens (including phenoxy) is 1. The van der Waals surface area contributed by atoms with Crippen molar-refractivity contribution in [1.29, 1.82) is 0 Å². The van der Waals surface area contributed by atoms with E-state index in [-0.39, 0.29) is 29.0 Å². The van der Waals surface area contributed by atoms with E-state index in [1.54, 1.807) is 29.2 Å². The van der Waals surface area contributed by atoms with Gasteiger partial charge in [0, 0.05) is 18.2 Å². The van der Waals surface area contributed by atoms with Crippen molar-refractivity contribution in [2.75, 3.05) is 43.0 Å². The largest absolute Gasteiger partial charge is 0.494 e. The molecule has 2 aromatic rings. The summed E-state index contributed by atoms with van der Waals surface area (Å²) < 4.78 is 45.7. The van der Waals surface area contributed by atoms with Crippen molar-refractivity contribution in [3.8, 4) is 5.75 Å². The molecule has 226 valence electrons. The van der Waals surface area contributed by atoms with E-state index in [0.717, 1.165) is 17.0 Å². The maximum Gasteiger partial charge on any atom is 0.416 e. The first-order valence-electron chi connectivity index (χ1n) is 13.8. The fourth-order valence-corrected chi connectivity index (χ4v) is 5.65. The third-order valence-electron chi connectivity index (χ3n) is 7.44. The van der Waals surface area contributed by atoms with Crippen LogP contribution in [0.2, 0.25) is 0 Å². The molecule has 0 saturated carbocycles. The first-order chi connectivity index (χ1) is 20.0. The Morgan fingerprint density at radius 2 is 1.79 bits per heavy atom. The topological polar surface area (TPSA) is 108 Å². The molecule has 2 heterocycles. The van der Waals surface area contributed by atoms with Crippen molar-refractivity contribution in [2.45, 2.75) is 44.8 Å². The number of carbonyl (C=O) groups is 3. The molecule has 0 bridgehead atoms. The summed E-state index contributed by atoms with van der Waals surface area (Å²) in [6.45, 7) is 4.75. The Labute approximate surface area is 247 Å². The second-order valence-electron chi connectivity index (χ2n) is 10.3. The van der Waals surface area contributed by atoms with E-state index in [2.05, 4.69) is 10.2 Å². The number of likely N-dealkylation sites (tertiary alicyclic amines) is 1. The molecule has 4 rings (SSSR count). The van der Waals surface area contributed by atoms with Crippen LogP contribution in [-0.2, 0) is 20.6 Å². The Balaban J connectivity index is 1.48. The smallest absolute Gasteiger partial charge is 0.416 e. The monoisotopic (exact) mass is 605 g/mol. The summed E-state index contributed by atoms with van der Waals surface area (Å²) >= 11 is 5.61. The van der Waals surface area contributed by atoms with Gasteiger partial charge in [-0.1, -0.05) is 6.07 Å². The summed E-state index contributed by atoms with van der Waals surface area (Å²) in [5, 5.41) is 2.82. The van der Waals surface area contributed by atoms with E-state index >= 15 is 0 Å². The molecule has 2 aliphatic rings. The first-order valence-corrected chi connectivity index (χ1v) is 14.2. The second-order valence-corrected chi connectivity index (χ2v) is 10.7. The van der Waals surface area contributed by atoms with Crippen LogP contribution in [0.1, 0.15) is 38.2 Å². The summed E-state index contributed by atoms with van der Waals surface area (Å²) in [5.41, 5.74) is 5.02. The van der Waals surface area contributed by atoms with Crippen molar-refractivity contribution in [1.82, 2.24) is 9.80 Å². The van der Waals surface area contributed by atoms with Crippen LogP contribution >= 0.6 is 12.2 Å². The zero-order chi connectivity index (χ0) is 30.4. The van der Waals surface area contributed by atoms with Gasteiger partial charge >= 0.3 is 6.18 Å². The molecule has 0 aromatic heterocycles. The Kier molecular flexibility index (Phi) is 10.0. The zero-order valence-electron chi connectivity index (χ0n) is 23.2. The van der Waals surface area contributed by atoms with Crippen molar-refractivity contribution in [3.63, 3.8) is 0 Å². The van der Waals surface area contributed by atoms with Gasteiger partial charge in [-0.25, -0.2) is 0 Å². The van der Waals surface area contributed by atoms with Crippen LogP contribution in [0.3, 0.4) is 0 Å². The molecule has 3 N–H and O–H groups in total. The zero-order valence-corrected chi connectivity index (χ0v) is 24.0. The number of rotatable bonds is 11. The molecular formula is C29H34F3N5O4S. The van der Waals surface area contributed by atoms with Crippen molar-refractivity contribution < 1.29 is 32.3 Å². The molecular weight excluding hydrogens is 571 g/mol. The van der Waals surface area contributed by atoms with Gasteiger partial charge in [-0.05, 0) is 101 Å². The van der Waals surface area contributed by atoms with Gasteiger partial charge in [-0.2, -0.15) is 13.2 Å². The highest BCUT2D eigenvalue weighted by Gasteiger charge is 2.44. The number of hydrogen-bond donors (Lipinski definition) is 2. The Morgan fingerprint density at radius 3 is 2.40 bits per heavy atom. The number of nitrogens with two attached hydrogens (primary N) is 1. The van der Waals surface area contributed by atoms with Gasteiger partial charge in [0.2, 0.25) is 11.8 Å². The number of hydrogen-bond acceptors (Lipinski definition) is 6. The highest BCUT2D eigenvalue weighted by Crippen LogP contribution is 2.34. The van der Waals surface area contributed by atoms with Crippen LogP contribution in [0.5, 0.6) is 5.75 Å². The number of thiocarbonyl (C=S) groups is 1. The highest BCUT2D eigenvalue weighted by molar-refractivity contribution is 7.80. The molecule has 2 saturated heterocycles. The predicted octanol–water partition coefficient (Wildman–Crippen LogP) is 4.02. The number of primary amides is 1. The van der Waals surface area contributed by atoms with E-state index in [1.165, 1.54) is 12.1 Å². The van der Waals surface area contributed by atoms with Crippen LogP contribution in [0.4, 0.5) is 24.5 Å². The molecule has 0 aliphatic carbocycles. The van der Waals surface area contributed by atoms with E-state index in [1.807, 2.05) is 6.92 Å². The number of anilines is 2. The number of piperidine rings is 1. The van der Waals surface area contributed by atoms with Crippen LogP contribution in [0, 0.1) is 5.92 Å². The van der Waals surface area contributed by atoms with Crippen LogP contribution in [0.25, 0.3) is 0 Å². The molecule has 2 fully saturated rings. The maximum atomic E-state index is 13.6. The van der Waals surface area contributed by atoms with Gasteiger partial charge < -0.3 is 25.6 Å². The average molecular weight is 606 g/mol. The summed E-state index contributed by atoms with van der Waals surface area (Å²) in [5.74, 6) is -0.789. The van der Waals surface area contributed by atoms with Gasteiger partial charge in [0.15, 0.2) is 5.11 Å². The standard InChI is InChI=1S/C29H34F3N5O4S/c1-2-41-23-9-7-21(8-10-23)34-25(38)18-24-27(40)37(22-6-3-5-20(17-22)29(30,31)32)28(42)36(24)14-4-13-35-15-11-19(12-16-35)26(33)39/h3,5-10,17,19,24H,2,4,11-16,18H2,1H3,(H2,33,39)(H,34,38)/t24-/m1/s1. The number of carbonyl (C=O) groups excluding carboxylic acids is 3. The van der Waals surface area contributed by atoms with Crippen molar-refractivity contribution >= 4 is 46.4 Å². The number of halogens is 3. The van der Waals surface area contributed by atoms with E-state index in [0.29, 0.717) is 63.5 Å². The predicted molar refractivity (Wildman–Crippen MR) is 156 cm³/mol. The molecule has 9 nitrogen and oxygen atoms in total. The second kappa shape index (κ2) is 13.5. The quantitative estimate of drug-likeness (QED) is 0.373. The van der Waals surface area contributed by atoms with E-state index in [4.69, 9.17) is 22.7 Å². The lowest BCUT2D eigenvalue weighted by molar-refractivity contribution is -0.137. The Morgan fingerprint density at radius 1 is 1.10 bits per heavy atom. The minimum absolute atomic E-state index is 0.00669. The van der Waals surface area contributed by atoms with Crippen LogP contribution in [0.15, 0.2) is 48.5 Å². The highest BCUT2D eigenvalue weighted by atomic mass is 32.1. The third kappa shape index (κ3) is 7.57. The average Bonchev–Trinajstić information content (AvgIpc) is 3.18. The number of nitrogens with zero attached hydrogens (tertiary/aromatic N) is 3. The fourth-order valence-electron chi connectivity index (χ4n) is 5.24. The van der Waals surface area contributed by atoms with Crippen LogP contribution in [-0.4, -0.2) is 71.5 Å². The normalized spacial score (nSPS) is 18.4. The molecule has 42 heavy (non-hydrogen) atoms. The molecule has 2 aliphatic heterocycles. The Hall–Kier alpha value is -3.71. The van der Waals surface area contributed by atoms with Gasteiger partial charge in [-0.15, -0.1) is 0 Å². The SMILES string of the molecule is CCOc1ccc(NC(=O)C[C@@H]2C(=O)N(c3cccc(C(F)(F)F)c3)C(=S)N2CCCN2CCC(C(N)=O)CC2)cc1. The van der Waals surface area contributed by atoms with Crippen LogP contribution < -0.4 is 20.7 Å². The van der Waals surface area contributed by atoms with Gasteiger partial charge in [0.25, 0.3) is 5.91 Å². The van der Waals surface area contributed by atoms with E-state index < -0.39 is 29.6 Å². The minimum atomic E-state index is -4.60. The molecule has 0 radical (unpaired) electrons.